The van der Waals surface area contributed by atoms with Crippen molar-refractivity contribution in [2.75, 3.05) is 19.6 Å². The van der Waals surface area contributed by atoms with Gasteiger partial charge in [0, 0.05) is 31.0 Å². The van der Waals surface area contributed by atoms with Gasteiger partial charge in [-0.15, -0.1) is 0 Å². The lowest BCUT2D eigenvalue weighted by Gasteiger charge is -2.35. The molecule has 0 aromatic heterocycles. The molecule has 1 aliphatic rings. The number of aliphatic hydroxyl groups is 1. The van der Waals surface area contributed by atoms with Crippen molar-refractivity contribution in [1.82, 2.24) is 10.2 Å². The summed E-state index contributed by atoms with van der Waals surface area (Å²) in [4.78, 5) is 14.3. The van der Waals surface area contributed by atoms with E-state index in [4.69, 9.17) is 0 Å². The Balaban J connectivity index is 1.94. The smallest absolute Gasteiger partial charge is 0.317 e. The minimum Gasteiger partial charge on any atom is -0.393 e. The topological polar surface area (TPSA) is 52.6 Å². The summed E-state index contributed by atoms with van der Waals surface area (Å²) in [5, 5.41) is 12.8. The molecule has 0 spiro atoms. The van der Waals surface area contributed by atoms with Gasteiger partial charge in [0.15, 0.2) is 0 Å². The first-order chi connectivity index (χ1) is 10.8. The van der Waals surface area contributed by atoms with Crippen molar-refractivity contribution in [3.05, 3.63) is 35.4 Å². The van der Waals surface area contributed by atoms with Gasteiger partial charge in [0.2, 0.25) is 0 Å². The number of rotatable bonds is 4. The van der Waals surface area contributed by atoms with Gasteiger partial charge in [-0.25, -0.2) is 4.79 Å². The summed E-state index contributed by atoms with van der Waals surface area (Å²) in [6.07, 6.45) is 1.61. The Morgan fingerprint density at radius 3 is 2.78 bits per heavy atom. The summed E-state index contributed by atoms with van der Waals surface area (Å²) in [7, 11) is 0. The van der Waals surface area contributed by atoms with Gasteiger partial charge >= 0.3 is 6.03 Å². The monoisotopic (exact) mass is 318 g/mol. The van der Waals surface area contributed by atoms with Crippen LogP contribution in [-0.4, -0.2) is 41.8 Å². The Morgan fingerprint density at radius 2 is 2.13 bits per heavy atom. The van der Waals surface area contributed by atoms with Crippen LogP contribution < -0.4 is 5.32 Å². The molecule has 4 nitrogen and oxygen atoms in total. The highest BCUT2D eigenvalue weighted by Gasteiger charge is 2.28. The first-order valence-electron chi connectivity index (χ1n) is 8.58. The van der Waals surface area contributed by atoms with Crippen LogP contribution in [0.4, 0.5) is 4.79 Å². The fourth-order valence-corrected chi connectivity index (χ4v) is 3.42. The molecule has 1 aromatic rings. The van der Waals surface area contributed by atoms with Crippen LogP contribution in [0.1, 0.15) is 44.7 Å². The number of urea groups is 1. The van der Waals surface area contributed by atoms with Crippen LogP contribution >= 0.6 is 0 Å². The highest BCUT2D eigenvalue weighted by molar-refractivity contribution is 5.74. The molecule has 2 rings (SSSR count). The number of aryl methyl sites for hydroxylation is 1. The van der Waals surface area contributed by atoms with Crippen LogP contribution in [0.2, 0.25) is 0 Å². The molecular formula is C19H30N2O2. The Hall–Kier alpha value is -1.55. The number of amides is 2. The standard InChI is InChI=1S/C19H30N2O2/c1-14-8-5-6-10-17(14)19(3,4)13-20-18(23)21-11-7-9-16(12-21)15(2)22/h5-6,8,10,15-16,22H,7,9,11-13H2,1-4H3,(H,20,23). The van der Waals surface area contributed by atoms with Crippen molar-refractivity contribution in [2.24, 2.45) is 5.92 Å². The quantitative estimate of drug-likeness (QED) is 0.896. The largest absolute Gasteiger partial charge is 0.393 e. The van der Waals surface area contributed by atoms with Crippen molar-refractivity contribution >= 4 is 6.03 Å². The predicted molar refractivity (Wildman–Crippen MR) is 93.6 cm³/mol. The molecule has 2 N–H and O–H groups in total. The zero-order valence-electron chi connectivity index (χ0n) is 14.8. The van der Waals surface area contributed by atoms with Crippen LogP contribution in [0.15, 0.2) is 24.3 Å². The molecule has 2 amide bonds. The van der Waals surface area contributed by atoms with Gasteiger partial charge in [-0.3, -0.25) is 0 Å². The van der Waals surface area contributed by atoms with E-state index >= 15 is 0 Å². The molecule has 128 valence electrons. The van der Waals surface area contributed by atoms with Gasteiger partial charge in [-0.05, 0) is 37.8 Å². The van der Waals surface area contributed by atoms with Gasteiger partial charge in [-0.1, -0.05) is 38.1 Å². The summed E-state index contributed by atoms with van der Waals surface area (Å²) in [6, 6.07) is 8.31. The summed E-state index contributed by atoms with van der Waals surface area (Å²) < 4.78 is 0. The van der Waals surface area contributed by atoms with Gasteiger partial charge < -0.3 is 15.3 Å². The van der Waals surface area contributed by atoms with Crippen LogP contribution in [0.25, 0.3) is 0 Å². The number of benzene rings is 1. The van der Waals surface area contributed by atoms with Crippen LogP contribution in [0.3, 0.4) is 0 Å². The van der Waals surface area contributed by atoms with Crippen molar-refractivity contribution in [2.45, 2.75) is 52.1 Å². The third kappa shape index (κ3) is 4.47. The van der Waals surface area contributed by atoms with Crippen molar-refractivity contribution in [1.29, 1.82) is 0 Å². The van der Waals surface area contributed by atoms with Crippen molar-refractivity contribution in [3.8, 4) is 0 Å². The summed E-state index contributed by atoms with van der Waals surface area (Å²) in [5.74, 6) is 0.193. The molecule has 2 unspecified atom stereocenters. The molecule has 0 radical (unpaired) electrons. The molecule has 1 aromatic carbocycles. The molecule has 1 heterocycles. The summed E-state index contributed by atoms with van der Waals surface area (Å²) >= 11 is 0. The number of hydrogen-bond donors (Lipinski definition) is 2. The minimum atomic E-state index is -0.353. The Labute approximate surface area is 139 Å². The maximum atomic E-state index is 12.5. The second-order valence-electron chi connectivity index (χ2n) is 7.45. The maximum Gasteiger partial charge on any atom is 0.317 e. The Kier molecular flexibility index (Phi) is 5.69. The first-order valence-corrected chi connectivity index (χ1v) is 8.58. The average molecular weight is 318 g/mol. The molecular weight excluding hydrogens is 288 g/mol. The summed E-state index contributed by atoms with van der Waals surface area (Å²) in [5.41, 5.74) is 2.40. The van der Waals surface area contributed by atoms with E-state index in [9.17, 15) is 9.90 Å². The van der Waals surface area contributed by atoms with Gasteiger partial charge in [0.1, 0.15) is 0 Å². The second kappa shape index (κ2) is 7.35. The SMILES string of the molecule is Cc1ccccc1C(C)(C)CNC(=O)N1CCCC(C(C)O)C1. The zero-order valence-corrected chi connectivity index (χ0v) is 14.8. The fraction of sp³-hybridized carbons (Fsp3) is 0.632. The van der Waals surface area contributed by atoms with E-state index in [-0.39, 0.29) is 23.5 Å². The fourth-order valence-electron chi connectivity index (χ4n) is 3.42. The molecule has 23 heavy (non-hydrogen) atoms. The minimum absolute atomic E-state index is 0.0167. The first kappa shape index (κ1) is 17.8. The second-order valence-corrected chi connectivity index (χ2v) is 7.45. The average Bonchev–Trinajstić information content (AvgIpc) is 2.53. The number of aliphatic hydroxyl groups excluding tert-OH is 1. The highest BCUT2D eigenvalue weighted by Crippen LogP contribution is 2.25. The molecule has 0 bridgehead atoms. The molecule has 2 atom stereocenters. The molecule has 1 aliphatic heterocycles. The lowest BCUT2D eigenvalue weighted by molar-refractivity contribution is 0.0736. The third-order valence-corrected chi connectivity index (χ3v) is 4.98. The number of piperidine rings is 1. The predicted octanol–water partition coefficient (Wildman–Crippen LogP) is 3.08. The number of carbonyl (C=O) groups is 1. The molecule has 0 aliphatic carbocycles. The lowest BCUT2D eigenvalue weighted by Crippen LogP contribution is -2.49. The Bertz CT molecular complexity index is 540. The zero-order chi connectivity index (χ0) is 17.0. The molecule has 4 heteroatoms. The lowest BCUT2D eigenvalue weighted by atomic mass is 9.82. The number of nitrogens with one attached hydrogen (secondary N) is 1. The highest BCUT2D eigenvalue weighted by atomic mass is 16.3. The Morgan fingerprint density at radius 1 is 1.43 bits per heavy atom. The van der Waals surface area contributed by atoms with Crippen LogP contribution in [0.5, 0.6) is 0 Å². The van der Waals surface area contributed by atoms with Crippen molar-refractivity contribution in [3.63, 3.8) is 0 Å². The van der Waals surface area contributed by atoms with Gasteiger partial charge in [0.25, 0.3) is 0 Å². The van der Waals surface area contributed by atoms with E-state index in [1.807, 2.05) is 24.0 Å². The maximum absolute atomic E-state index is 12.5. The van der Waals surface area contributed by atoms with Crippen LogP contribution in [-0.2, 0) is 5.41 Å². The molecule has 0 saturated carbocycles. The normalized spacial score (nSPS) is 20.2. The molecule has 1 saturated heterocycles. The van der Waals surface area contributed by atoms with Crippen molar-refractivity contribution < 1.29 is 9.90 Å². The van der Waals surface area contributed by atoms with E-state index < -0.39 is 0 Å². The van der Waals surface area contributed by atoms with Gasteiger partial charge in [0.05, 0.1) is 6.10 Å². The number of likely N-dealkylation sites (tertiary alicyclic amines) is 1. The van der Waals surface area contributed by atoms with Crippen LogP contribution in [0, 0.1) is 12.8 Å². The van der Waals surface area contributed by atoms with Gasteiger partial charge in [-0.2, -0.15) is 0 Å². The number of nitrogens with zero attached hydrogens (tertiary/aromatic N) is 1. The number of carbonyl (C=O) groups excluding carboxylic acids is 1. The number of hydrogen-bond acceptors (Lipinski definition) is 2. The van der Waals surface area contributed by atoms with E-state index in [1.165, 1.54) is 11.1 Å². The van der Waals surface area contributed by atoms with E-state index in [0.29, 0.717) is 13.1 Å². The molecule has 1 fully saturated rings. The third-order valence-electron chi connectivity index (χ3n) is 4.98. The van der Waals surface area contributed by atoms with E-state index in [1.54, 1.807) is 0 Å². The summed E-state index contributed by atoms with van der Waals surface area (Å²) in [6.45, 7) is 10.3. The van der Waals surface area contributed by atoms with E-state index in [0.717, 1.165) is 19.4 Å². The van der Waals surface area contributed by atoms with E-state index in [2.05, 4.69) is 38.2 Å².